The highest BCUT2D eigenvalue weighted by Gasteiger charge is 2.33. The van der Waals surface area contributed by atoms with Crippen LogP contribution in [0.2, 0.25) is 0 Å². The van der Waals surface area contributed by atoms with E-state index in [0.717, 1.165) is 17.1 Å². The van der Waals surface area contributed by atoms with E-state index in [1.165, 1.54) is 0 Å². The number of nitrogens with one attached hydrogen (secondary N) is 1. The molecular weight excluding hydrogens is 334 g/mol. The maximum Gasteiger partial charge on any atom is 0.270 e. The predicted molar refractivity (Wildman–Crippen MR) is 96.3 cm³/mol. The molecule has 1 aromatic carbocycles. The molecule has 0 unspecified atom stereocenters. The summed E-state index contributed by atoms with van der Waals surface area (Å²) >= 11 is 0. The number of carbonyl (C=O) groups is 1. The second kappa shape index (κ2) is 8.16. The van der Waals surface area contributed by atoms with Gasteiger partial charge in [-0.05, 0) is 24.3 Å². The number of pyridine rings is 1. The van der Waals surface area contributed by atoms with Crippen LogP contribution in [0.3, 0.4) is 0 Å². The number of nitrogens with zero attached hydrogens (tertiary/aromatic N) is 2. The lowest BCUT2D eigenvalue weighted by molar-refractivity contribution is 0.0883. The number of ether oxygens (including phenoxy) is 2. The predicted octanol–water partition coefficient (Wildman–Crippen LogP) is 1.07. The first-order valence-corrected chi connectivity index (χ1v) is 8.44. The first-order chi connectivity index (χ1) is 12.6. The summed E-state index contributed by atoms with van der Waals surface area (Å²) in [6, 6.07) is 10.4. The molecular formula is C19H23N3O4. The van der Waals surface area contributed by atoms with Gasteiger partial charge in [0.1, 0.15) is 17.2 Å². The van der Waals surface area contributed by atoms with Gasteiger partial charge >= 0.3 is 0 Å². The van der Waals surface area contributed by atoms with Gasteiger partial charge in [-0.3, -0.25) is 14.7 Å². The van der Waals surface area contributed by atoms with Crippen LogP contribution in [0, 0.1) is 0 Å². The SMILES string of the molecule is COc1cccc(OC)c1CN1C[C@@H](O)[C@H](NC(=O)c2ccccn2)C1. The average molecular weight is 357 g/mol. The highest BCUT2D eigenvalue weighted by atomic mass is 16.5. The van der Waals surface area contributed by atoms with Crippen molar-refractivity contribution >= 4 is 5.91 Å². The number of aromatic nitrogens is 1. The third-order valence-electron chi connectivity index (χ3n) is 4.49. The quantitative estimate of drug-likeness (QED) is 0.805. The Balaban J connectivity index is 1.67. The van der Waals surface area contributed by atoms with Gasteiger partial charge in [0, 0.05) is 25.8 Å². The molecule has 1 aliphatic rings. The molecule has 0 aliphatic carbocycles. The number of hydrogen-bond acceptors (Lipinski definition) is 6. The van der Waals surface area contributed by atoms with Crippen LogP contribution >= 0.6 is 0 Å². The summed E-state index contributed by atoms with van der Waals surface area (Å²) in [7, 11) is 3.24. The number of aliphatic hydroxyl groups excluding tert-OH is 1. The standard InChI is InChI=1S/C19H23N3O4/c1-25-17-7-5-8-18(26-2)13(17)10-22-11-15(16(23)12-22)21-19(24)14-6-3-4-9-20-14/h3-9,15-16,23H,10-12H2,1-2H3,(H,21,24)/t15-,16-/m1/s1. The number of amides is 1. The summed E-state index contributed by atoms with van der Waals surface area (Å²) in [6.07, 6.45) is 0.920. The van der Waals surface area contributed by atoms with Crippen molar-refractivity contribution in [3.63, 3.8) is 0 Å². The van der Waals surface area contributed by atoms with E-state index in [-0.39, 0.29) is 11.9 Å². The van der Waals surface area contributed by atoms with Gasteiger partial charge in [-0.1, -0.05) is 12.1 Å². The highest BCUT2D eigenvalue weighted by Crippen LogP contribution is 2.30. The van der Waals surface area contributed by atoms with E-state index < -0.39 is 6.10 Å². The van der Waals surface area contributed by atoms with Gasteiger partial charge in [-0.2, -0.15) is 0 Å². The van der Waals surface area contributed by atoms with Crippen molar-refractivity contribution in [3.8, 4) is 11.5 Å². The van der Waals surface area contributed by atoms with Gasteiger partial charge in [-0.15, -0.1) is 0 Å². The molecule has 1 amide bonds. The van der Waals surface area contributed by atoms with Gasteiger partial charge in [0.05, 0.1) is 31.9 Å². The summed E-state index contributed by atoms with van der Waals surface area (Å²) in [5.41, 5.74) is 1.26. The lowest BCUT2D eigenvalue weighted by Crippen LogP contribution is -2.43. The second-order valence-corrected chi connectivity index (χ2v) is 6.20. The maximum absolute atomic E-state index is 12.3. The summed E-state index contributed by atoms with van der Waals surface area (Å²) < 4.78 is 10.9. The summed E-state index contributed by atoms with van der Waals surface area (Å²) in [5.74, 6) is 1.19. The Bertz CT molecular complexity index is 731. The summed E-state index contributed by atoms with van der Waals surface area (Å²) in [4.78, 5) is 18.4. The molecule has 2 N–H and O–H groups in total. The van der Waals surface area contributed by atoms with Crippen molar-refractivity contribution < 1.29 is 19.4 Å². The minimum atomic E-state index is -0.650. The van der Waals surface area contributed by atoms with Crippen LogP contribution in [0.4, 0.5) is 0 Å². The zero-order chi connectivity index (χ0) is 18.5. The molecule has 7 heteroatoms. The van der Waals surface area contributed by atoms with E-state index in [1.54, 1.807) is 38.6 Å². The van der Waals surface area contributed by atoms with Crippen LogP contribution in [-0.2, 0) is 6.54 Å². The molecule has 0 bridgehead atoms. The number of methoxy groups -OCH3 is 2. The fourth-order valence-electron chi connectivity index (χ4n) is 3.18. The molecule has 2 atom stereocenters. The van der Waals surface area contributed by atoms with E-state index in [1.807, 2.05) is 18.2 Å². The molecule has 1 saturated heterocycles. The van der Waals surface area contributed by atoms with Gasteiger partial charge in [0.2, 0.25) is 0 Å². The van der Waals surface area contributed by atoms with E-state index in [0.29, 0.717) is 25.3 Å². The number of likely N-dealkylation sites (tertiary alicyclic amines) is 1. The Hall–Kier alpha value is -2.64. The molecule has 138 valence electrons. The number of aliphatic hydroxyl groups is 1. The van der Waals surface area contributed by atoms with Crippen molar-refractivity contribution in [2.45, 2.75) is 18.7 Å². The van der Waals surface area contributed by atoms with E-state index in [4.69, 9.17) is 9.47 Å². The molecule has 1 fully saturated rings. The molecule has 2 aromatic rings. The van der Waals surface area contributed by atoms with Crippen LogP contribution in [0.5, 0.6) is 11.5 Å². The van der Waals surface area contributed by atoms with Crippen molar-refractivity contribution in [3.05, 3.63) is 53.9 Å². The molecule has 3 rings (SSSR count). The van der Waals surface area contributed by atoms with Crippen molar-refractivity contribution in [2.24, 2.45) is 0 Å². The Labute approximate surface area is 152 Å². The highest BCUT2D eigenvalue weighted by molar-refractivity contribution is 5.92. The molecule has 26 heavy (non-hydrogen) atoms. The van der Waals surface area contributed by atoms with Crippen LogP contribution in [0.1, 0.15) is 16.1 Å². The average Bonchev–Trinajstić information content (AvgIpc) is 3.01. The lowest BCUT2D eigenvalue weighted by atomic mass is 10.1. The zero-order valence-corrected chi connectivity index (χ0v) is 14.9. The molecule has 0 radical (unpaired) electrons. The first kappa shape index (κ1) is 18.2. The number of benzene rings is 1. The summed E-state index contributed by atoms with van der Waals surface area (Å²) in [5, 5.41) is 13.2. The largest absolute Gasteiger partial charge is 0.496 e. The third-order valence-corrected chi connectivity index (χ3v) is 4.49. The van der Waals surface area contributed by atoms with Gasteiger partial charge in [0.15, 0.2) is 0 Å². The number of rotatable bonds is 6. The third kappa shape index (κ3) is 3.95. The van der Waals surface area contributed by atoms with Gasteiger partial charge in [0.25, 0.3) is 5.91 Å². The monoisotopic (exact) mass is 357 g/mol. The minimum Gasteiger partial charge on any atom is -0.496 e. The normalized spacial score (nSPS) is 20.0. The topological polar surface area (TPSA) is 83.9 Å². The smallest absolute Gasteiger partial charge is 0.270 e. The Morgan fingerprint density at radius 1 is 1.19 bits per heavy atom. The van der Waals surface area contributed by atoms with E-state index >= 15 is 0 Å². The summed E-state index contributed by atoms with van der Waals surface area (Å²) in [6.45, 7) is 1.54. The molecule has 2 heterocycles. The van der Waals surface area contributed by atoms with Crippen LogP contribution in [-0.4, -0.2) is 60.4 Å². The van der Waals surface area contributed by atoms with Crippen LogP contribution < -0.4 is 14.8 Å². The Morgan fingerprint density at radius 3 is 2.54 bits per heavy atom. The number of carbonyl (C=O) groups excluding carboxylic acids is 1. The van der Waals surface area contributed by atoms with Crippen molar-refractivity contribution in [2.75, 3.05) is 27.3 Å². The van der Waals surface area contributed by atoms with E-state index in [9.17, 15) is 9.90 Å². The Kier molecular flexibility index (Phi) is 5.70. The van der Waals surface area contributed by atoms with Crippen molar-refractivity contribution in [1.82, 2.24) is 15.2 Å². The number of hydrogen-bond donors (Lipinski definition) is 2. The molecule has 7 nitrogen and oxygen atoms in total. The first-order valence-electron chi connectivity index (χ1n) is 8.44. The van der Waals surface area contributed by atoms with Gasteiger partial charge in [-0.25, -0.2) is 0 Å². The molecule has 0 saturated carbocycles. The van der Waals surface area contributed by atoms with Gasteiger partial charge < -0.3 is 19.9 Å². The fourth-order valence-corrected chi connectivity index (χ4v) is 3.18. The lowest BCUT2D eigenvalue weighted by Gasteiger charge is -2.19. The fraction of sp³-hybridized carbons (Fsp3) is 0.368. The molecule has 1 aliphatic heterocycles. The molecule has 1 aromatic heterocycles. The second-order valence-electron chi connectivity index (χ2n) is 6.20. The van der Waals surface area contributed by atoms with E-state index in [2.05, 4.69) is 15.2 Å². The minimum absolute atomic E-state index is 0.286. The van der Waals surface area contributed by atoms with Crippen LogP contribution in [0.15, 0.2) is 42.6 Å². The van der Waals surface area contributed by atoms with Crippen molar-refractivity contribution in [1.29, 1.82) is 0 Å². The Morgan fingerprint density at radius 2 is 1.92 bits per heavy atom. The maximum atomic E-state index is 12.3. The number of β-amino-alcohol motifs (C(OH)–C–C–N with tert-alkyl or cyclic N) is 1. The molecule has 0 spiro atoms. The zero-order valence-electron chi connectivity index (χ0n) is 14.9. The van der Waals surface area contributed by atoms with Crippen LogP contribution in [0.25, 0.3) is 0 Å².